The summed E-state index contributed by atoms with van der Waals surface area (Å²) < 4.78 is 0. The van der Waals surface area contributed by atoms with Gasteiger partial charge in [0.1, 0.15) is 0 Å². The van der Waals surface area contributed by atoms with Crippen LogP contribution in [0.4, 0.5) is 4.79 Å². The number of carbonyl (C=O) groups excluding carboxylic acids is 2. The first-order chi connectivity index (χ1) is 10.1. The van der Waals surface area contributed by atoms with Crippen molar-refractivity contribution in [2.45, 2.75) is 6.04 Å². The van der Waals surface area contributed by atoms with Gasteiger partial charge in [0.15, 0.2) is 0 Å². The van der Waals surface area contributed by atoms with Gasteiger partial charge < -0.3 is 10.6 Å². The third kappa shape index (κ3) is 4.42. The minimum absolute atomic E-state index is 0.0629. The summed E-state index contributed by atoms with van der Waals surface area (Å²) in [6, 6.07) is 7.19. The molecule has 0 spiro atoms. The third-order valence-corrected chi connectivity index (χ3v) is 3.65. The van der Waals surface area contributed by atoms with Crippen molar-refractivity contribution >= 4 is 23.5 Å². The van der Waals surface area contributed by atoms with Gasteiger partial charge in [0.25, 0.3) is 0 Å². The van der Waals surface area contributed by atoms with E-state index < -0.39 is 6.03 Å². The lowest BCUT2D eigenvalue weighted by molar-refractivity contribution is -0.122. The SMILES string of the molecule is CNC(=O)NC(=O)CN1CCNCC1c1cccc(Cl)c1. The molecule has 6 nitrogen and oxygen atoms in total. The van der Waals surface area contributed by atoms with Gasteiger partial charge in [-0.05, 0) is 17.7 Å². The molecule has 1 aliphatic rings. The monoisotopic (exact) mass is 310 g/mol. The maximum atomic E-state index is 11.9. The second-order valence-corrected chi connectivity index (χ2v) is 5.31. The highest BCUT2D eigenvalue weighted by Crippen LogP contribution is 2.24. The molecule has 0 bridgehead atoms. The quantitative estimate of drug-likeness (QED) is 0.770. The summed E-state index contributed by atoms with van der Waals surface area (Å²) in [5.41, 5.74) is 1.06. The first-order valence-corrected chi connectivity index (χ1v) is 7.19. The van der Waals surface area contributed by atoms with Gasteiger partial charge in [-0.2, -0.15) is 0 Å². The zero-order valence-corrected chi connectivity index (χ0v) is 12.6. The van der Waals surface area contributed by atoms with Gasteiger partial charge >= 0.3 is 6.03 Å². The van der Waals surface area contributed by atoms with Gasteiger partial charge in [0.2, 0.25) is 5.91 Å². The molecule has 1 aliphatic heterocycles. The van der Waals surface area contributed by atoms with E-state index >= 15 is 0 Å². The molecular formula is C14H19ClN4O2. The molecule has 2 rings (SSSR count). The van der Waals surface area contributed by atoms with Crippen LogP contribution in [0.15, 0.2) is 24.3 Å². The predicted molar refractivity (Wildman–Crippen MR) is 81.2 cm³/mol. The van der Waals surface area contributed by atoms with Crippen LogP contribution in [-0.2, 0) is 4.79 Å². The Hall–Kier alpha value is -1.63. The number of urea groups is 1. The molecule has 1 heterocycles. The van der Waals surface area contributed by atoms with Crippen LogP contribution in [0, 0.1) is 0 Å². The summed E-state index contributed by atoms with van der Waals surface area (Å²) in [5, 5.41) is 8.63. The van der Waals surface area contributed by atoms with E-state index in [4.69, 9.17) is 11.6 Å². The molecule has 1 atom stereocenters. The van der Waals surface area contributed by atoms with E-state index in [0.29, 0.717) is 5.02 Å². The lowest BCUT2D eigenvalue weighted by Crippen LogP contribution is -2.51. The standard InChI is InChI=1S/C14H19ClN4O2/c1-16-14(21)18-13(20)9-19-6-5-17-8-12(19)10-3-2-4-11(15)7-10/h2-4,7,12,17H,5-6,8-9H2,1H3,(H2,16,18,20,21). The summed E-state index contributed by atoms with van der Waals surface area (Å²) in [5.74, 6) is -0.316. The maximum absolute atomic E-state index is 11.9. The van der Waals surface area contributed by atoms with Crippen molar-refractivity contribution in [3.8, 4) is 0 Å². The third-order valence-electron chi connectivity index (χ3n) is 3.41. The Morgan fingerprint density at radius 2 is 2.29 bits per heavy atom. The zero-order valence-electron chi connectivity index (χ0n) is 11.9. The van der Waals surface area contributed by atoms with E-state index in [1.807, 2.05) is 29.2 Å². The van der Waals surface area contributed by atoms with Crippen LogP contribution in [-0.4, -0.2) is 50.1 Å². The molecule has 0 aliphatic carbocycles. The highest BCUT2D eigenvalue weighted by molar-refractivity contribution is 6.30. The Labute approximate surface area is 128 Å². The lowest BCUT2D eigenvalue weighted by atomic mass is 10.0. The Balaban J connectivity index is 2.05. The predicted octanol–water partition coefficient (Wildman–Crippen LogP) is 0.742. The average molecular weight is 311 g/mol. The second-order valence-electron chi connectivity index (χ2n) is 4.87. The number of amides is 3. The van der Waals surface area contributed by atoms with Crippen molar-refractivity contribution in [2.75, 3.05) is 33.2 Å². The maximum Gasteiger partial charge on any atom is 0.321 e. The van der Waals surface area contributed by atoms with Crippen LogP contribution in [0.5, 0.6) is 0 Å². The zero-order chi connectivity index (χ0) is 15.2. The fourth-order valence-corrected chi connectivity index (χ4v) is 2.59. The summed E-state index contributed by atoms with van der Waals surface area (Å²) in [6.45, 7) is 2.46. The van der Waals surface area contributed by atoms with Crippen LogP contribution in [0.3, 0.4) is 0 Å². The molecule has 0 radical (unpaired) electrons. The van der Waals surface area contributed by atoms with Crippen LogP contribution >= 0.6 is 11.6 Å². The van der Waals surface area contributed by atoms with Crippen molar-refractivity contribution in [1.82, 2.24) is 20.9 Å². The van der Waals surface area contributed by atoms with Gasteiger partial charge in [-0.15, -0.1) is 0 Å². The molecular weight excluding hydrogens is 292 g/mol. The minimum atomic E-state index is -0.491. The number of hydrogen-bond acceptors (Lipinski definition) is 4. The average Bonchev–Trinajstić information content (AvgIpc) is 2.47. The fourth-order valence-electron chi connectivity index (χ4n) is 2.39. The number of nitrogens with zero attached hydrogens (tertiary/aromatic N) is 1. The summed E-state index contributed by atoms with van der Waals surface area (Å²) in [7, 11) is 1.47. The lowest BCUT2D eigenvalue weighted by Gasteiger charge is -2.36. The summed E-state index contributed by atoms with van der Waals surface area (Å²) in [6.07, 6.45) is 0. The number of piperazine rings is 1. The smallest absolute Gasteiger partial charge is 0.321 e. The molecule has 21 heavy (non-hydrogen) atoms. The Morgan fingerprint density at radius 1 is 1.48 bits per heavy atom. The van der Waals surface area contributed by atoms with Crippen LogP contribution in [0.1, 0.15) is 11.6 Å². The van der Waals surface area contributed by atoms with Crippen LogP contribution in [0.25, 0.3) is 0 Å². The van der Waals surface area contributed by atoms with E-state index in [1.54, 1.807) is 0 Å². The van der Waals surface area contributed by atoms with E-state index in [0.717, 1.165) is 25.2 Å². The summed E-state index contributed by atoms with van der Waals surface area (Å²) >= 11 is 6.03. The van der Waals surface area contributed by atoms with Crippen molar-refractivity contribution in [3.05, 3.63) is 34.9 Å². The van der Waals surface area contributed by atoms with E-state index in [2.05, 4.69) is 16.0 Å². The molecule has 1 saturated heterocycles. The molecule has 1 fully saturated rings. The van der Waals surface area contributed by atoms with E-state index in [1.165, 1.54) is 7.05 Å². The van der Waals surface area contributed by atoms with E-state index in [9.17, 15) is 9.59 Å². The molecule has 1 aromatic carbocycles. The fraction of sp³-hybridized carbons (Fsp3) is 0.429. The van der Waals surface area contributed by atoms with Crippen LogP contribution < -0.4 is 16.0 Å². The van der Waals surface area contributed by atoms with Gasteiger partial charge in [-0.25, -0.2) is 4.79 Å². The highest BCUT2D eigenvalue weighted by Gasteiger charge is 2.26. The van der Waals surface area contributed by atoms with Gasteiger partial charge in [0, 0.05) is 37.7 Å². The number of carbonyl (C=O) groups is 2. The number of benzene rings is 1. The number of hydrogen-bond donors (Lipinski definition) is 3. The molecule has 0 aromatic heterocycles. The molecule has 0 saturated carbocycles. The Morgan fingerprint density at radius 3 is 3.00 bits per heavy atom. The molecule has 114 valence electrons. The van der Waals surface area contributed by atoms with Crippen molar-refractivity contribution in [3.63, 3.8) is 0 Å². The Bertz CT molecular complexity index is 523. The number of imide groups is 1. The van der Waals surface area contributed by atoms with E-state index in [-0.39, 0.29) is 18.5 Å². The minimum Gasteiger partial charge on any atom is -0.341 e. The number of halogens is 1. The molecule has 7 heteroatoms. The molecule has 3 amide bonds. The van der Waals surface area contributed by atoms with Crippen molar-refractivity contribution < 1.29 is 9.59 Å². The Kier molecular flexibility index (Phi) is 5.55. The first kappa shape index (κ1) is 15.8. The normalized spacial score (nSPS) is 19.0. The highest BCUT2D eigenvalue weighted by atomic mass is 35.5. The molecule has 1 aromatic rings. The molecule has 3 N–H and O–H groups in total. The topological polar surface area (TPSA) is 73.5 Å². The number of rotatable bonds is 3. The van der Waals surface area contributed by atoms with Gasteiger partial charge in [-0.3, -0.25) is 15.0 Å². The number of nitrogens with one attached hydrogen (secondary N) is 3. The van der Waals surface area contributed by atoms with Gasteiger partial charge in [-0.1, -0.05) is 23.7 Å². The van der Waals surface area contributed by atoms with Crippen LogP contribution in [0.2, 0.25) is 5.02 Å². The first-order valence-electron chi connectivity index (χ1n) is 6.82. The van der Waals surface area contributed by atoms with Crippen molar-refractivity contribution in [1.29, 1.82) is 0 Å². The second kappa shape index (κ2) is 7.40. The van der Waals surface area contributed by atoms with Crippen molar-refractivity contribution in [2.24, 2.45) is 0 Å². The molecule has 1 unspecified atom stereocenters. The largest absolute Gasteiger partial charge is 0.341 e. The summed E-state index contributed by atoms with van der Waals surface area (Å²) in [4.78, 5) is 25.1. The van der Waals surface area contributed by atoms with Gasteiger partial charge in [0.05, 0.1) is 6.54 Å².